The van der Waals surface area contributed by atoms with Gasteiger partial charge in [-0.15, -0.1) is 0 Å². The molecule has 0 radical (unpaired) electrons. The fourth-order valence-corrected chi connectivity index (χ4v) is 3.66. The number of carbonyl (C=O) groups is 2. The summed E-state index contributed by atoms with van der Waals surface area (Å²) in [6.07, 6.45) is 6.02. The molecule has 0 aliphatic carbocycles. The molecule has 0 aliphatic heterocycles. The zero-order valence-corrected chi connectivity index (χ0v) is 28.6. The normalized spacial score (nSPS) is 13.7. The van der Waals surface area contributed by atoms with E-state index in [1.165, 1.54) is 6.92 Å². The molecule has 0 bridgehead atoms. The van der Waals surface area contributed by atoms with Crippen LogP contribution in [0.2, 0.25) is 0 Å². The van der Waals surface area contributed by atoms with Gasteiger partial charge in [-0.3, -0.25) is 9.59 Å². The van der Waals surface area contributed by atoms with Crippen LogP contribution in [0.25, 0.3) is 0 Å². The molecule has 12 heteroatoms. The van der Waals surface area contributed by atoms with Crippen LogP contribution in [-0.2, 0) is 33.9 Å². The van der Waals surface area contributed by atoms with Gasteiger partial charge in [0.1, 0.15) is 10.1 Å². The quantitative estimate of drug-likeness (QED) is 0.126. The average molecular weight is 595 g/mol. The molecule has 0 spiro atoms. The van der Waals surface area contributed by atoms with Crippen molar-refractivity contribution in [2.45, 2.75) is 118 Å². The number of hydrogen-bond donors (Lipinski definition) is 2. The summed E-state index contributed by atoms with van der Waals surface area (Å²) in [7, 11) is -5.01. The van der Waals surface area contributed by atoms with E-state index in [9.17, 15) is 22.6 Å². The Morgan fingerprint density at radius 2 is 1.26 bits per heavy atom. The minimum atomic E-state index is -5.01. The Bertz CT molecular complexity index is 657. The van der Waals surface area contributed by atoms with E-state index in [2.05, 4.69) is 13.8 Å². The molecule has 10 nitrogen and oxygen atoms in total. The molecule has 4 atom stereocenters. The van der Waals surface area contributed by atoms with Gasteiger partial charge in [0.15, 0.2) is 5.25 Å². The van der Waals surface area contributed by atoms with E-state index in [1.54, 1.807) is 0 Å². The second kappa shape index (κ2) is 30.7. The van der Waals surface area contributed by atoms with Crippen LogP contribution in [0.1, 0.15) is 106 Å². The Labute approximate surface area is 260 Å². The summed E-state index contributed by atoms with van der Waals surface area (Å²) in [4.78, 5) is 24.1. The van der Waals surface area contributed by atoms with E-state index in [-0.39, 0.29) is 61.2 Å². The number of unbranched alkanes of at least 4 members (excludes halogenated alkanes) is 2. The first-order chi connectivity index (χ1) is 17.9. The third-order valence-corrected chi connectivity index (χ3v) is 6.72. The number of aliphatic hydroxyl groups excluding tert-OH is 2. The third-order valence-electron chi connectivity index (χ3n) is 5.66. The second-order valence-electron chi connectivity index (χ2n) is 9.14. The Morgan fingerprint density at radius 3 is 1.54 bits per heavy atom. The summed E-state index contributed by atoms with van der Waals surface area (Å²) in [5.74, 6) is -1.74. The predicted octanol–water partition coefficient (Wildman–Crippen LogP) is 1.22. The molecule has 230 valence electrons. The minimum Gasteiger partial charge on any atom is -0.747 e. The van der Waals surface area contributed by atoms with Gasteiger partial charge in [0.25, 0.3) is 0 Å². The topological polar surface area (TPSA) is 159 Å². The molecule has 0 heterocycles. The molecule has 0 rings (SSSR count). The molecule has 0 aromatic heterocycles. The summed E-state index contributed by atoms with van der Waals surface area (Å²) in [6.45, 7) is 15.3. The molecular formula is C27H55NaO10S. The Balaban J connectivity index is -0.000000471. The van der Waals surface area contributed by atoms with Crippen LogP contribution in [0.5, 0.6) is 0 Å². The smallest absolute Gasteiger partial charge is 0.747 e. The van der Waals surface area contributed by atoms with E-state index >= 15 is 0 Å². The van der Waals surface area contributed by atoms with Gasteiger partial charge in [0.2, 0.25) is 0 Å². The predicted molar refractivity (Wildman–Crippen MR) is 148 cm³/mol. The van der Waals surface area contributed by atoms with E-state index < -0.39 is 39.8 Å². The summed E-state index contributed by atoms with van der Waals surface area (Å²) in [6, 6.07) is 0. The molecule has 0 aliphatic rings. The standard InChI is InChI=1S/C20H38O7S.C4H10O.C3H8O2.Na/c1-5-9-11-16(7-3)14-26-19(21)13-18(28(23,24)25)20(22)27-15-17(8-4)12-10-6-2;1-3-5-4-2;1-3(5)2-4;/h16-18H,5-15H2,1-4H3,(H,23,24,25);3-4H2,1-2H3;3-5H,2H2,1H3;/q;;;+1/p-1. The zero-order valence-electron chi connectivity index (χ0n) is 25.8. The van der Waals surface area contributed by atoms with E-state index in [0.717, 1.165) is 64.6 Å². The Hall–Kier alpha value is -0.270. The van der Waals surface area contributed by atoms with Gasteiger partial charge < -0.3 is 29.0 Å². The van der Waals surface area contributed by atoms with Crippen LogP contribution in [0.15, 0.2) is 0 Å². The number of rotatable bonds is 19. The zero-order chi connectivity index (χ0) is 30.0. The van der Waals surface area contributed by atoms with E-state index in [4.69, 9.17) is 24.4 Å². The van der Waals surface area contributed by atoms with Gasteiger partial charge in [-0.25, -0.2) is 8.42 Å². The monoisotopic (exact) mass is 594 g/mol. The minimum absolute atomic E-state index is 0. The fourth-order valence-electron chi connectivity index (χ4n) is 3.02. The largest absolute Gasteiger partial charge is 1.00 e. The molecule has 0 saturated carbocycles. The summed E-state index contributed by atoms with van der Waals surface area (Å²) < 4.78 is 49.4. The third kappa shape index (κ3) is 30.5. The molecule has 0 aromatic rings. The number of ether oxygens (including phenoxy) is 3. The van der Waals surface area contributed by atoms with Crippen LogP contribution < -0.4 is 29.6 Å². The first-order valence-electron chi connectivity index (χ1n) is 14.0. The van der Waals surface area contributed by atoms with E-state index in [0.29, 0.717) is 0 Å². The van der Waals surface area contributed by atoms with Crippen molar-refractivity contribution in [2.24, 2.45) is 11.8 Å². The van der Waals surface area contributed by atoms with Gasteiger partial charge in [-0.2, -0.15) is 0 Å². The Kier molecular flexibility index (Phi) is 36.0. The average Bonchev–Trinajstić information content (AvgIpc) is 2.87. The van der Waals surface area contributed by atoms with Gasteiger partial charge >= 0.3 is 41.5 Å². The summed E-state index contributed by atoms with van der Waals surface area (Å²) in [5, 5.41) is 13.9. The van der Waals surface area contributed by atoms with Crippen molar-refractivity contribution in [1.82, 2.24) is 0 Å². The second-order valence-corrected chi connectivity index (χ2v) is 10.7. The maximum atomic E-state index is 12.1. The molecular weight excluding hydrogens is 539 g/mol. The number of esters is 2. The van der Waals surface area contributed by atoms with Crippen molar-refractivity contribution < 1.29 is 76.5 Å². The van der Waals surface area contributed by atoms with Gasteiger partial charge in [-0.05, 0) is 45.4 Å². The van der Waals surface area contributed by atoms with Crippen molar-refractivity contribution in [2.75, 3.05) is 33.0 Å². The maximum Gasteiger partial charge on any atom is 1.00 e. The van der Waals surface area contributed by atoms with Gasteiger partial charge in [0, 0.05) is 13.2 Å². The first kappa shape index (κ1) is 45.7. The molecule has 2 N–H and O–H groups in total. The van der Waals surface area contributed by atoms with Crippen molar-refractivity contribution in [3.05, 3.63) is 0 Å². The summed E-state index contributed by atoms with van der Waals surface area (Å²) in [5.41, 5.74) is 0. The molecule has 0 aromatic carbocycles. The molecule has 39 heavy (non-hydrogen) atoms. The number of hydrogen-bond acceptors (Lipinski definition) is 10. The molecule has 0 saturated heterocycles. The van der Waals surface area contributed by atoms with Crippen LogP contribution in [0, 0.1) is 11.8 Å². The van der Waals surface area contributed by atoms with Crippen molar-refractivity contribution in [3.63, 3.8) is 0 Å². The molecule has 4 unspecified atom stereocenters. The van der Waals surface area contributed by atoms with Crippen LogP contribution in [-0.4, -0.2) is 79.5 Å². The van der Waals surface area contributed by atoms with Crippen molar-refractivity contribution >= 4 is 22.1 Å². The SMILES string of the molecule is CC(O)CO.CCCCC(CC)COC(=O)CC(C(=O)OCC(CC)CCCC)S(=O)(=O)[O-].CCOCC.[Na+]. The molecule has 0 fully saturated rings. The van der Waals surface area contributed by atoms with Crippen molar-refractivity contribution in [3.8, 4) is 0 Å². The fraction of sp³-hybridized carbons (Fsp3) is 0.926. The summed E-state index contributed by atoms with van der Waals surface area (Å²) >= 11 is 0. The number of carbonyl (C=O) groups excluding carboxylic acids is 2. The first-order valence-corrected chi connectivity index (χ1v) is 15.5. The van der Waals surface area contributed by atoms with Crippen LogP contribution in [0.3, 0.4) is 0 Å². The van der Waals surface area contributed by atoms with Gasteiger partial charge in [-0.1, -0.05) is 66.2 Å². The maximum absolute atomic E-state index is 12.1. The number of aliphatic hydroxyl groups is 2. The van der Waals surface area contributed by atoms with Crippen molar-refractivity contribution in [1.29, 1.82) is 0 Å². The van der Waals surface area contributed by atoms with Crippen LogP contribution in [0.4, 0.5) is 0 Å². The Morgan fingerprint density at radius 1 is 0.846 bits per heavy atom. The van der Waals surface area contributed by atoms with Crippen LogP contribution >= 0.6 is 0 Å². The molecule has 0 amide bonds. The van der Waals surface area contributed by atoms with E-state index in [1.807, 2.05) is 27.7 Å². The van der Waals surface area contributed by atoms with Gasteiger partial charge in [0.05, 0.1) is 32.3 Å².